The molecule has 0 bridgehead atoms. The highest BCUT2D eigenvalue weighted by molar-refractivity contribution is 7.57. The molecule has 0 spiro atoms. The molecule has 86 valence electrons. The van der Waals surface area contributed by atoms with E-state index in [1.807, 2.05) is 0 Å². The van der Waals surface area contributed by atoms with E-state index in [1.165, 1.54) is 12.8 Å². The van der Waals surface area contributed by atoms with Crippen LogP contribution in [0.3, 0.4) is 0 Å². The summed E-state index contributed by atoms with van der Waals surface area (Å²) in [5.41, 5.74) is 0. The summed E-state index contributed by atoms with van der Waals surface area (Å²) in [5, 5.41) is 0. The molecule has 3 fully saturated rings. The Morgan fingerprint density at radius 1 is 0.933 bits per heavy atom. The first-order valence-electron chi connectivity index (χ1n) is 6.04. The number of rotatable bonds is 3. The first kappa shape index (κ1) is 10.3. The second-order valence-electron chi connectivity index (χ2n) is 5.08. The van der Waals surface area contributed by atoms with Crippen molar-refractivity contribution in [2.75, 3.05) is 26.2 Å². The summed E-state index contributed by atoms with van der Waals surface area (Å²) in [6.45, 7) is 8.58. The average molecular weight is 229 g/mol. The van der Waals surface area contributed by atoms with Crippen LogP contribution in [0.2, 0.25) is 0 Å². The van der Waals surface area contributed by atoms with E-state index < -0.39 is 7.59 Å². The molecule has 0 aromatic heterocycles. The zero-order valence-corrected chi connectivity index (χ0v) is 10.5. The molecule has 0 radical (unpaired) electrons. The molecule has 0 saturated carbocycles. The van der Waals surface area contributed by atoms with Gasteiger partial charge in [-0.2, -0.15) is 0 Å². The van der Waals surface area contributed by atoms with Crippen LogP contribution in [0.4, 0.5) is 0 Å². The maximum absolute atomic E-state index is 13.1. The molecule has 3 rings (SSSR count). The second-order valence-corrected chi connectivity index (χ2v) is 7.70. The normalized spacial score (nSPS) is 38.5. The Balaban J connectivity index is 1.90. The van der Waals surface area contributed by atoms with E-state index >= 15 is 0 Å². The van der Waals surface area contributed by atoms with Crippen LogP contribution in [0.5, 0.6) is 0 Å². The topological polar surface area (TPSA) is 26.3 Å². The van der Waals surface area contributed by atoms with Crippen LogP contribution in [0.15, 0.2) is 0 Å². The van der Waals surface area contributed by atoms with E-state index in [-0.39, 0.29) is 0 Å². The lowest BCUT2D eigenvalue weighted by molar-refractivity contribution is 0.313. The number of nitrogens with zero attached hydrogens (tertiary/aromatic N) is 3. The van der Waals surface area contributed by atoms with Crippen LogP contribution in [-0.4, -0.2) is 52.3 Å². The van der Waals surface area contributed by atoms with E-state index in [2.05, 4.69) is 27.9 Å². The van der Waals surface area contributed by atoms with Crippen molar-refractivity contribution < 1.29 is 4.57 Å². The van der Waals surface area contributed by atoms with Gasteiger partial charge in [-0.05, 0) is 26.7 Å². The van der Waals surface area contributed by atoms with Gasteiger partial charge in [0, 0.05) is 38.3 Å². The largest absolute Gasteiger partial charge is 0.287 e. The molecule has 0 aromatic carbocycles. The SMILES string of the molecule is C[C@@H]1CC[C@@H](C)N1P(=O)(N1CC1)N1CC1. The van der Waals surface area contributed by atoms with Gasteiger partial charge >= 0.3 is 0 Å². The fraction of sp³-hybridized carbons (Fsp3) is 1.00. The molecule has 3 heterocycles. The Morgan fingerprint density at radius 2 is 1.33 bits per heavy atom. The Labute approximate surface area is 91.7 Å². The van der Waals surface area contributed by atoms with Crippen LogP contribution >= 0.6 is 7.59 Å². The van der Waals surface area contributed by atoms with Crippen molar-refractivity contribution in [3.05, 3.63) is 0 Å². The van der Waals surface area contributed by atoms with Gasteiger partial charge in [-0.25, -0.2) is 14.0 Å². The first-order valence-corrected chi connectivity index (χ1v) is 7.60. The van der Waals surface area contributed by atoms with Crippen molar-refractivity contribution in [3.8, 4) is 0 Å². The molecule has 3 saturated heterocycles. The van der Waals surface area contributed by atoms with Crippen LogP contribution in [0, 0.1) is 0 Å². The summed E-state index contributed by atoms with van der Waals surface area (Å²) in [6, 6.07) is 0.985. The Bertz CT molecular complexity index is 288. The van der Waals surface area contributed by atoms with Crippen molar-refractivity contribution >= 4 is 7.59 Å². The first-order chi connectivity index (χ1) is 7.14. The third kappa shape index (κ3) is 1.50. The van der Waals surface area contributed by atoms with Crippen molar-refractivity contribution in [2.24, 2.45) is 0 Å². The summed E-state index contributed by atoms with van der Waals surface area (Å²) in [5.74, 6) is 0. The molecular formula is C10H20N3OP. The zero-order valence-electron chi connectivity index (χ0n) is 9.59. The highest BCUT2D eigenvalue weighted by Crippen LogP contribution is 2.65. The fourth-order valence-corrected chi connectivity index (χ4v) is 6.20. The molecule has 0 amide bonds. The molecule has 4 nitrogen and oxygen atoms in total. The molecule has 3 aliphatic rings. The number of hydrogen-bond donors (Lipinski definition) is 0. The summed E-state index contributed by atoms with van der Waals surface area (Å²) in [4.78, 5) is 0. The van der Waals surface area contributed by atoms with Gasteiger partial charge in [0.15, 0.2) is 0 Å². The summed E-state index contributed by atoms with van der Waals surface area (Å²) in [6.07, 6.45) is 2.40. The minimum atomic E-state index is -2.30. The number of hydrogen-bond acceptors (Lipinski definition) is 1. The van der Waals surface area contributed by atoms with E-state index in [0.29, 0.717) is 12.1 Å². The van der Waals surface area contributed by atoms with Crippen molar-refractivity contribution in [1.82, 2.24) is 14.0 Å². The third-order valence-corrected chi connectivity index (χ3v) is 7.45. The summed E-state index contributed by atoms with van der Waals surface area (Å²) >= 11 is 0. The smallest absolute Gasteiger partial charge is 0.270 e. The molecule has 15 heavy (non-hydrogen) atoms. The Kier molecular flexibility index (Phi) is 2.26. The van der Waals surface area contributed by atoms with Crippen LogP contribution in [0.25, 0.3) is 0 Å². The predicted octanol–water partition coefficient (Wildman–Crippen LogP) is 1.60. The highest BCUT2D eigenvalue weighted by atomic mass is 31.2. The quantitative estimate of drug-likeness (QED) is 0.542. The second kappa shape index (κ2) is 3.30. The molecule has 0 unspecified atom stereocenters. The van der Waals surface area contributed by atoms with Gasteiger partial charge in [0.25, 0.3) is 7.59 Å². The van der Waals surface area contributed by atoms with Crippen LogP contribution < -0.4 is 0 Å². The molecule has 5 heteroatoms. The summed E-state index contributed by atoms with van der Waals surface area (Å²) in [7, 11) is -2.30. The molecule has 0 N–H and O–H groups in total. The molecule has 3 aliphatic heterocycles. The molecule has 0 aliphatic carbocycles. The van der Waals surface area contributed by atoms with Gasteiger partial charge < -0.3 is 0 Å². The van der Waals surface area contributed by atoms with Gasteiger partial charge in [-0.3, -0.25) is 4.57 Å². The van der Waals surface area contributed by atoms with Gasteiger partial charge in [-0.1, -0.05) is 0 Å². The molecular weight excluding hydrogens is 209 g/mol. The van der Waals surface area contributed by atoms with E-state index in [1.54, 1.807) is 0 Å². The van der Waals surface area contributed by atoms with Crippen molar-refractivity contribution in [1.29, 1.82) is 0 Å². The van der Waals surface area contributed by atoms with E-state index in [0.717, 1.165) is 26.2 Å². The minimum Gasteiger partial charge on any atom is -0.270 e. The lowest BCUT2D eigenvalue weighted by atomic mass is 10.2. The van der Waals surface area contributed by atoms with Gasteiger partial charge in [0.2, 0.25) is 0 Å². The highest BCUT2D eigenvalue weighted by Gasteiger charge is 2.55. The Hall–Kier alpha value is 0.110. The van der Waals surface area contributed by atoms with E-state index in [9.17, 15) is 4.57 Å². The van der Waals surface area contributed by atoms with Crippen molar-refractivity contribution in [3.63, 3.8) is 0 Å². The fourth-order valence-electron chi connectivity index (χ4n) is 2.78. The van der Waals surface area contributed by atoms with E-state index in [4.69, 9.17) is 0 Å². The lowest BCUT2D eigenvalue weighted by Gasteiger charge is -2.35. The average Bonchev–Trinajstić information content (AvgIpc) is 3.02. The molecule has 2 atom stereocenters. The molecule has 0 aromatic rings. The van der Waals surface area contributed by atoms with Crippen LogP contribution in [0.1, 0.15) is 26.7 Å². The Morgan fingerprint density at radius 3 is 1.67 bits per heavy atom. The summed E-state index contributed by atoms with van der Waals surface area (Å²) < 4.78 is 19.8. The predicted molar refractivity (Wildman–Crippen MR) is 60.7 cm³/mol. The monoisotopic (exact) mass is 229 g/mol. The third-order valence-electron chi connectivity index (χ3n) is 3.79. The van der Waals surface area contributed by atoms with Crippen LogP contribution in [-0.2, 0) is 4.57 Å². The van der Waals surface area contributed by atoms with Gasteiger partial charge in [0.05, 0.1) is 0 Å². The van der Waals surface area contributed by atoms with Crippen molar-refractivity contribution in [2.45, 2.75) is 38.8 Å². The van der Waals surface area contributed by atoms with Gasteiger partial charge in [0.1, 0.15) is 0 Å². The maximum atomic E-state index is 13.1. The maximum Gasteiger partial charge on any atom is 0.287 e. The zero-order chi connectivity index (χ0) is 10.6. The lowest BCUT2D eigenvalue weighted by Crippen LogP contribution is -2.34. The standard InChI is InChI=1S/C10H20N3OP/c1-9-3-4-10(2)13(9)15(14,11-5-6-11)12-7-8-12/h9-10H,3-8H2,1-2H3/t9-,10-/m1/s1. The minimum absolute atomic E-state index is 0.493. The van der Waals surface area contributed by atoms with Gasteiger partial charge in [-0.15, -0.1) is 0 Å².